The van der Waals surface area contributed by atoms with Crippen LogP contribution in [0.2, 0.25) is 0 Å². The van der Waals surface area contributed by atoms with Gasteiger partial charge in [0.1, 0.15) is 5.75 Å². The molecule has 1 aromatic carbocycles. The second-order valence-corrected chi connectivity index (χ2v) is 4.76. The van der Waals surface area contributed by atoms with Gasteiger partial charge in [-0.3, -0.25) is 4.98 Å². The minimum absolute atomic E-state index is 0.861. The number of likely N-dealkylation sites (N-methyl/N-ethyl adjacent to an activating group) is 1. The normalized spacial score (nSPS) is 10.7. The van der Waals surface area contributed by atoms with Crippen molar-refractivity contribution < 1.29 is 4.74 Å². The number of fused-ring (bicyclic) bond motifs is 1. The van der Waals surface area contributed by atoms with E-state index >= 15 is 0 Å². The van der Waals surface area contributed by atoms with E-state index in [1.165, 1.54) is 5.69 Å². The van der Waals surface area contributed by atoms with Gasteiger partial charge in [0.05, 0.1) is 12.6 Å². The van der Waals surface area contributed by atoms with E-state index in [0.29, 0.717) is 0 Å². The van der Waals surface area contributed by atoms with Crippen LogP contribution < -0.4 is 15.0 Å². The van der Waals surface area contributed by atoms with Gasteiger partial charge >= 0.3 is 0 Å². The molecule has 0 radical (unpaired) electrons. The number of aromatic nitrogens is 1. The molecule has 0 aliphatic heterocycles. The Morgan fingerprint density at radius 1 is 1.26 bits per heavy atom. The monoisotopic (exact) mass is 259 g/mol. The standard InChI is InChI=1S/C15H21N3O/c1-16-8-7-11-9-15(18(2)3)13-10-12(19-4)5-6-14(13)17-11/h5-6,9-10,16H,7-8H2,1-4H3. The molecule has 0 amide bonds. The number of nitrogens with one attached hydrogen (secondary N) is 1. The van der Waals surface area contributed by atoms with Gasteiger partial charge in [-0.1, -0.05) is 0 Å². The average molecular weight is 259 g/mol. The SMILES string of the molecule is CNCCc1cc(N(C)C)c2cc(OC)ccc2n1. The van der Waals surface area contributed by atoms with Gasteiger partial charge in [0.25, 0.3) is 0 Å². The smallest absolute Gasteiger partial charge is 0.119 e. The van der Waals surface area contributed by atoms with Crippen LogP contribution in [0.5, 0.6) is 5.75 Å². The number of pyridine rings is 1. The van der Waals surface area contributed by atoms with Crippen molar-refractivity contribution in [3.63, 3.8) is 0 Å². The van der Waals surface area contributed by atoms with Gasteiger partial charge in [0, 0.05) is 43.8 Å². The van der Waals surface area contributed by atoms with Crippen molar-refractivity contribution in [2.75, 3.05) is 39.7 Å². The van der Waals surface area contributed by atoms with Crippen LogP contribution in [-0.4, -0.2) is 39.8 Å². The molecule has 0 fully saturated rings. The molecule has 0 spiro atoms. The Labute approximate surface area is 114 Å². The van der Waals surface area contributed by atoms with Gasteiger partial charge in [-0.15, -0.1) is 0 Å². The molecule has 102 valence electrons. The van der Waals surface area contributed by atoms with E-state index in [1.807, 2.05) is 25.2 Å². The van der Waals surface area contributed by atoms with Crippen molar-refractivity contribution in [1.29, 1.82) is 0 Å². The van der Waals surface area contributed by atoms with Crippen molar-refractivity contribution in [2.24, 2.45) is 0 Å². The lowest BCUT2D eigenvalue weighted by atomic mass is 10.1. The number of benzene rings is 1. The van der Waals surface area contributed by atoms with Crippen LogP contribution in [0.1, 0.15) is 5.69 Å². The van der Waals surface area contributed by atoms with Crippen molar-refractivity contribution in [1.82, 2.24) is 10.3 Å². The lowest BCUT2D eigenvalue weighted by Crippen LogP contribution is -2.13. The van der Waals surface area contributed by atoms with Crippen LogP contribution in [0, 0.1) is 0 Å². The van der Waals surface area contributed by atoms with Crippen molar-refractivity contribution in [3.8, 4) is 5.75 Å². The predicted molar refractivity (Wildman–Crippen MR) is 80.3 cm³/mol. The minimum Gasteiger partial charge on any atom is -0.497 e. The largest absolute Gasteiger partial charge is 0.497 e. The van der Waals surface area contributed by atoms with Crippen LogP contribution in [0.3, 0.4) is 0 Å². The highest BCUT2D eigenvalue weighted by molar-refractivity contribution is 5.92. The van der Waals surface area contributed by atoms with Gasteiger partial charge in [-0.05, 0) is 31.3 Å². The molecule has 4 heteroatoms. The van der Waals surface area contributed by atoms with E-state index < -0.39 is 0 Å². The zero-order chi connectivity index (χ0) is 13.8. The highest BCUT2D eigenvalue weighted by atomic mass is 16.5. The summed E-state index contributed by atoms with van der Waals surface area (Å²) < 4.78 is 5.30. The molecule has 0 saturated heterocycles. The minimum atomic E-state index is 0.861. The zero-order valence-corrected chi connectivity index (χ0v) is 12.0. The molecule has 2 aromatic rings. The molecule has 0 atom stereocenters. The van der Waals surface area contributed by atoms with Gasteiger partial charge in [0.15, 0.2) is 0 Å². The maximum Gasteiger partial charge on any atom is 0.119 e. The summed E-state index contributed by atoms with van der Waals surface area (Å²) in [7, 11) is 7.75. The van der Waals surface area contributed by atoms with Crippen molar-refractivity contribution in [3.05, 3.63) is 30.0 Å². The molecule has 19 heavy (non-hydrogen) atoms. The molecule has 0 bridgehead atoms. The third-order valence-electron chi connectivity index (χ3n) is 3.16. The summed E-state index contributed by atoms with van der Waals surface area (Å²) in [4.78, 5) is 6.83. The Morgan fingerprint density at radius 3 is 2.68 bits per heavy atom. The molecule has 0 saturated carbocycles. The third kappa shape index (κ3) is 2.96. The Balaban J connectivity index is 2.54. The van der Waals surface area contributed by atoms with Crippen LogP contribution in [0.4, 0.5) is 5.69 Å². The number of hydrogen-bond donors (Lipinski definition) is 1. The summed E-state index contributed by atoms with van der Waals surface area (Å²) in [5, 5.41) is 4.28. The second kappa shape index (κ2) is 5.89. The molecule has 4 nitrogen and oxygen atoms in total. The van der Waals surface area contributed by atoms with Gasteiger partial charge in [-0.2, -0.15) is 0 Å². The Bertz CT molecular complexity index is 567. The van der Waals surface area contributed by atoms with Crippen LogP contribution in [0.15, 0.2) is 24.3 Å². The summed E-state index contributed by atoms with van der Waals surface area (Å²) >= 11 is 0. The van der Waals surface area contributed by atoms with Crippen molar-refractivity contribution in [2.45, 2.75) is 6.42 Å². The molecule has 1 aromatic heterocycles. The molecular formula is C15H21N3O. The summed E-state index contributed by atoms with van der Waals surface area (Å²) in [5.41, 5.74) is 3.30. The number of rotatable bonds is 5. The number of nitrogens with zero attached hydrogens (tertiary/aromatic N) is 2. The van der Waals surface area contributed by atoms with E-state index in [2.05, 4.69) is 30.4 Å². The van der Waals surface area contributed by atoms with E-state index in [4.69, 9.17) is 9.72 Å². The maximum atomic E-state index is 5.30. The van der Waals surface area contributed by atoms with Gasteiger partial charge in [0.2, 0.25) is 0 Å². The molecule has 0 aliphatic carbocycles. The lowest BCUT2D eigenvalue weighted by Gasteiger charge is -2.17. The maximum absolute atomic E-state index is 5.30. The third-order valence-corrected chi connectivity index (χ3v) is 3.16. The van der Waals surface area contributed by atoms with Gasteiger partial charge in [-0.25, -0.2) is 0 Å². The van der Waals surface area contributed by atoms with Crippen LogP contribution >= 0.6 is 0 Å². The summed E-state index contributed by atoms with van der Waals surface area (Å²) in [5.74, 6) is 0.861. The first-order valence-electron chi connectivity index (χ1n) is 6.45. The molecule has 0 aliphatic rings. The number of ether oxygens (including phenoxy) is 1. The highest BCUT2D eigenvalue weighted by Gasteiger charge is 2.08. The molecule has 0 unspecified atom stereocenters. The number of anilines is 1. The number of methoxy groups -OCH3 is 1. The molecule has 2 rings (SSSR count). The zero-order valence-electron chi connectivity index (χ0n) is 12.0. The fourth-order valence-corrected chi connectivity index (χ4v) is 2.12. The summed E-state index contributed by atoms with van der Waals surface area (Å²) in [6, 6.07) is 8.17. The fraction of sp³-hybridized carbons (Fsp3) is 0.400. The first kappa shape index (κ1) is 13.6. The summed E-state index contributed by atoms with van der Waals surface area (Å²) in [6.45, 7) is 0.932. The van der Waals surface area contributed by atoms with Crippen molar-refractivity contribution >= 4 is 16.6 Å². The molecular weight excluding hydrogens is 238 g/mol. The second-order valence-electron chi connectivity index (χ2n) is 4.76. The highest BCUT2D eigenvalue weighted by Crippen LogP contribution is 2.28. The molecule has 1 N–H and O–H groups in total. The molecule has 1 heterocycles. The predicted octanol–water partition coefficient (Wildman–Crippen LogP) is 2.07. The first-order chi connectivity index (χ1) is 9.15. The van der Waals surface area contributed by atoms with E-state index in [9.17, 15) is 0 Å². The Kier molecular flexibility index (Phi) is 4.22. The first-order valence-corrected chi connectivity index (χ1v) is 6.45. The quantitative estimate of drug-likeness (QED) is 0.892. The lowest BCUT2D eigenvalue weighted by molar-refractivity contribution is 0.415. The number of hydrogen-bond acceptors (Lipinski definition) is 4. The Hall–Kier alpha value is -1.81. The van der Waals surface area contributed by atoms with E-state index in [-0.39, 0.29) is 0 Å². The van der Waals surface area contributed by atoms with E-state index in [1.54, 1.807) is 7.11 Å². The Morgan fingerprint density at radius 2 is 2.05 bits per heavy atom. The van der Waals surface area contributed by atoms with Gasteiger partial charge < -0.3 is 15.0 Å². The topological polar surface area (TPSA) is 37.4 Å². The average Bonchev–Trinajstić information content (AvgIpc) is 2.43. The van der Waals surface area contributed by atoms with Crippen LogP contribution in [0.25, 0.3) is 10.9 Å². The van der Waals surface area contributed by atoms with E-state index in [0.717, 1.165) is 35.3 Å². The van der Waals surface area contributed by atoms with Crippen LogP contribution in [-0.2, 0) is 6.42 Å². The summed E-state index contributed by atoms with van der Waals surface area (Å²) in [6.07, 6.45) is 0.930. The fourth-order valence-electron chi connectivity index (χ4n) is 2.12.